The van der Waals surface area contributed by atoms with Crippen molar-refractivity contribution in [3.8, 4) is 0 Å². The number of allylic oxidation sites excluding steroid dienone is 4. The van der Waals surface area contributed by atoms with E-state index >= 15 is 0 Å². The second-order valence-electron chi connectivity index (χ2n) is 10.7. The van der Waals surface area contributed by atoms with Crippen LogP contribution in [0.15, 0.2) is 139 Å². The molecule has 2 aliphatic carbocycles. The zero-order chi connectivity index (χ0) is 27.1. The summed E-state index contributed by atoms with van der Waals surface area (Å²) < 4.78 is 0. The smallest absolute Gasteiger partial charge is 0.116 e. The minimum Gasteiger partial charge on any atom is -0.377 e. The van der Waals surface area contributed by atoms with Crippen LogP contribution in [0.25, 0.3) is 0 Å². The van der Waals surface area contributed by atoms with E-state index in [1.165, 1.54) is 46.4 Å². The van der Waals surface area contributed by atoms with Gasteiger partial charge in [-0.3, -0.25) is 0 Å². The SMILES string of the molecule is CN(C)c1ccccc1C[P+](c1ccccc1)(c1ccccc1)c1ccccc1.[Sc].[Si]C1CCC2CC=CC=C12. The average Bonchev–Trinajstić information content (AvgIpc) is 3.38. The van der Waals surface area contributed by atoms with E-state index in [-0.39, 0.29) is 25.8 Å². The molecule has 1 saturated carbocycles. The summed E-state index contributed by atoms with van der Waals surface area (Å²) in [6, 6.07) is 42.1. The maximum atomic E-state index is 3.73. The fourth-order valence-electron chi connectivity index (χ4n) is 6.02. The molecule has 6 rings (SSSR count). The van der Waals surface area contributed by atoms with E-state index in [0.29, 0.717) is 5.54 Å². The van der Waals surface area contributed by atoms with Crippen molar-refractivity contribution < 1.29 is 25.8 Å². The van der Waals surface area contributed by atoms with Crippen molar-refractivity contribution in [2.45, 2.75) is 31.0 Å². The predicted octanol–water partition coefficient (Wildman–Crippen LogP) is 7.48. The van der Waals surface area contributed by atoms with Crippen molar-refractivity contribution in [3.63, 3.8) is 0 Å². The van der Waals surface area contributed by atoms with Gasteiger partial charge in [0.05, 0.1) is 0 Å². The van der Waals surface area contributed by atoms with Crippen molar-refractivity contribution in [1.29, 1.82) is 0 Å². The number of fused-ring (bicyclic) bond motifs is 1. The van der Waals surface area contributed by atoms with Crippen LogP contribution in [0.3, 0.4) is 0 Å². The summed E-state index contributed by atoms with van der Waals surface area (Å²) in [5, 5.41) is 4.27. The van der Waals surface area contributed by atoms with E-state index in [2.05, 4.69) is 163 Å². The molecule has 4 aromatic rings. The molecule has 1 nitrogen and oxygen atoms in total. The Morgan fingerprint density at radius 2 is 1.20 bits per heavy atom. The first-order valence-corrected chi connectivity index (χ1v) is 16.5. The van der Waals surface area contributed by atoms with E-state index < -0.39 is 7.26 Å². The van der Waals surface area contributed by atoms with Crippen molar-refractivity contribution in [2.24, 2.45) is 5.92 Å². The first kappa shape index (κ1) is 30.6. The van der Waals surface area contributed by atoms with Crippen LogP contribution in [-0.2, 0) is 32.0 Å². The molecule has 0 spiro atoms. The van der Waals surface area contributed by atoms with Gasteiger partial charge in [0.25, 0.3) is 0 Å². The quantitative estimate of drug-likeness (QED) is 0.167. The van der Waals surface area contributed by atoms with Crippen molar-refractivity contribution in [1.82, 2.24) is 0 Å². The van der Waals surface area contributed by atoms with Gasteiger partial charge < -0.3 is 4.90 Å². The van der Waals surface area contributed by atoms with E-state index in [1.54, 1.807) is 5.57 Å². The van der Waals surface area contributed by atoms with Gasteiger partial charge in [0.1, 0.15) is 29.3 Å². The molecule has 2 atom stereocenters. The average molecular weight is 589 g/mol. The standard InChI is InChI=1S/C27H27NP.C9H11Si.Sc/c1-28(2)27-21-13-12-14-23(27)22-29(24-15-6-3-7-16-24,25-17-8-4-9-18-25)26-19-10-5-11-20-26;10-9-6-5-7-3-1-2-4-8(7)9;/h3-21H,22H2,1-2H3;1-2,4,7,9H,3,5-6H2;/q+1;;. The summed E-state index contributed by atoms with van der Waals surface area (Å²) in [6.45, 7) is 0. The molecule has 2 aliphatic rings. The fourth-order valence-corrected chi connectivity index (χ4v) is 10.8. The molecular formula is C36H38NPScSi+. The number of hydrogen-bond donors (Lipinski definition) is 0. The first-order valence-electron chi connectivity index (χ1n) is 14.0. The van der Waals surface area contributed by atoms with Gasteiger partial charge in [-0.05, 0) is 73.2 Å². The number of benzene rings is 4. The van der Waals surface area contributed by atoms with Gasteiger partial charge in [0.15, 0.2) is 0 Å². The van der Waals surface area contributed by atoms with Gasteiger partial charge in [-0.25, -0.2) is 0 Å². The number of rotatable bonds is 6. The third-order valence-corrected chi connectivity index (χ3v) is 13.0. The molecule has 0 saturated heterocycles. The molecular weight excluding hydrogens is 550 g/mol. The number of para-hydroxylation sites is 1. The van der Waals surface area contributed by atoms with Crippen LogP contribution >= 0.6 is 7.26 Å². The van der Waals surface area contributed by atoms with Crippen LogP contribution < -0.4 is 20.8 Å². The summed E-state index contributed by atoms with van der Waals surface area (Å²) in [4.78, 5) is 2.23. The molecule has 0 aliphatic heterocycles. The molecule has 0 heterocycles. The molecule has 40 heavy (non-hydrogen) atoms. The van der Waals surface area contributed by atoms with Crippen LogP contribution in [0.5, 0.6) is 0 Å². The Morgan fingerprint density at radius 3 is 1.70 bits per heavy atom. The Morgan fingerprint density at radius 1 is 0.700 bits per heavy atom. The van der Waals surface area contributed by atoms with Crippen molar-refractivity contribution >= 4 is 39.1 Å². The predicted molar refractivity (Wildman–Crippen MR) is 174 cm³/mol. The Kier molecular flexibility index (Phi) is 11.1. The minimum absolute atomic E-state index is 0. The second kappa shape index (κ2) is 14.5. The molecule has 4 radical (unpaired) electrons. The molecule has 198 valence electrons. The maximum Gasteiger partial charge on any atom is 0.116 e. The number of anilines is 1. The van der Waals surface area contributed by atoms with E-state index in [4.69, 9.17) is 0 Å². The van der Waals surface area contributed by atoms with Gasteiger partial charge >= 0.3 is 0 Å². The Labute approximate surface area is 264 Å². The number of nitrogens with zero attached hydrogens (tertiary/aromatic N) is 1. The van der Waals surface area contributed by atoms with Crippen LogP contribution in [0, 0.1) is 5.92 Å². The van der Waals surface area contributed by atoms with Gasteiger partial charge in [0.2, 0.25) is 0 Å². The normalized spacial score (nSPS) is 17.5. The third-order valence-electron chi connectivity index (χ3n) is 7.99. The van der Waals surface area contributed by atoms with Crippen molar-refractivity contribution in [2.75, 3.05) is 19.0 Å². The van der Waals surface area contributed by atoms with E-state index in [0.717, 1.165) is 12.1 Å². The van der Waals surface area contributed by atoms with Crippen molar-refractivity contribution in [3.05, 3.63) is 145 Å². The topological polar surface area (TPSA) is 3.24 Å². The third kappa shape index (κ3) is 6.76. The summed E-state index contributed by atoms with van der Waals surface area (Å²) in [5.74, 6) is 0.868. The zero-order valence-electron chi connectivity index (χ0n) is 23.7. The molecule has 0 amide bonds. The molecule has 2 unspecified atom stereocenters. The molecule has 1 fully saturated rings. The zero-order valence-corrected chi connectivity index (χ0v) is 27.4. The molecule has 0 bridgehead atoms. The van der Waals surface area contributed by atoms with Gasteiger partial charge in [-0.2, -0.15) is 0 Å². The molecule has 0 N–H and O–H groups in total. The van der Waals surface area contributed by atoms with E-state index in [9.17, 15) is 0 Å². The second-order valence-corrected chi connectivity index (χ2v) is 14.8. The van der Waals surface area contributed by atoms with Crippen LogP contribution in [0.4, 0.5) is 5.69 Å². The summed E-state index contributed by atoms with van der Waals surface area (Å²) in [5.41, 5.74) is 4.98. The minimum atomic E-state index is -1.87. The Hall–Kier alpha value is -2.32. The maximum absolute atomic E-state index is 3.73. The van der Waals surface area contributed by atoms with Crippen LogP contribution in [0.1, 0.15) is 24.8 Å². The van der Waals surface area contributed by atoms with Crippen LogP contribution in [0.2, 0.25) is 5.54 Å². The fraction of sp³-hybridized carbons (Fsp3) is 0.222. The number of hydrogen-bond acceptors (Lipinski definition) is 1. The Balaban J connectivity index is 0.000000282. The summed E-state index contributed by atoms with van der Waals surface area (Å²) in [7, 11) is 6.12. The summed E-state index contributed by atoms with van der Waals surface area (Å²) in [6.07, 6.45) is 11.7. The molecule has 4 heteroatoms. The van der Waals surface area contributed by atoms with Gasteiger partial charge in [-0.15, -0.1) is 0 Å². The monoisotopic (exact) mass is 588 g/mol. The van der Waals surface area contributed by atoms with Gasteiger partial charge in [-0.1, -0.05) is 96.6 Å². The molecule has 4 aromatic carbocycles. The summed E-state index contributed by atoms with van der Waals surface area (Å²) >= 11 is 0. The van der Waals surface area contributed by atoms with Gasteiger partial charge in [0, 0.05) is 61.4 Å². The first-order chi connectivity index (χ1) is 19.1. The Bertz CT molecular complexity index is 1310. The van der Waals surface area contributed by atoms with E-state index in [1.807, 2.05) is 0 Å². The largest absolute Gasteiger partial charge is 0.377 e. The van der Waals surface area contributed by atoms with Crippen LogP contribution in [-0.4, -0.2) is 24.3 Å². The molecule has 0 aromatic heterocycles.